The molecular weight excluding hydrogens is 360 g/mol. The van der Waals surface area contributed by atoms with Crippen molar-refractivity contribution in [3.8, 4) is 0 Å². The molecule has 0 aliphatic carbocycles. The van der Waals surface area contributed by atoms with Crippen LogP contribution in [0.1, 0.15) is 17.2 Å². The Morgan fingerprint density at radius 3 is 2.68 bits per heavy atom. The fourth-order valence-corrected chi connectivity index (χ4v) is 3.76. The number of hydrogen-bond donors (Lipinski definition) is 2. The number of hydrogen-bond acceptors (Lipinski definition) is 6. The summed E-state index contributed by atoms with van der Waals surface area (Å²) in [7, 11) is 3.65. The third-order valence-electron chi connectivity index (χ3n) is 5.36. The van der Waals surface area contributed by atoms with Crippen LogP contribution >= 0.6 is 0 Å². The highest BCUT2D eigenvalue weighted by molar-refractivity contribution is 6.35. The smallest absolute Gasteiger partial charge is 0.309 e. The van der Waals surface area contributed by atoms with E-state index >= 15 is 0 Å². The number of methoxy groups -OCH3 is 1. The number of carbonyl (C=O) groups excluding carboxylic acids is 2. The lowest BCUT2D eigenvalue weighted by Crippen LogP contribution is -2.47. The van der Waals surface area contributed by atoms with Crippen LogP contribution < -0.4 is 15.5 Å². The highest BCUT2D eigenvalue weighted by atomic mass is 16.5. The molecule has 1 atom stereocenters. The quantitative estimate of drug-likeness (QED) is 0.501. The Bertz CT molecular complexity index is 691. The van der Waals surface area contributed by atoms with E-state index < -0.39 is 11.8 Å². The standard InChI is InChI=1S/C20H30N4O4/c1-23-7-5-16-13-15(3-4-17(16)23)18(24-8-11-28-12-9-24)14-22-20(26)19(25)21-6-10-27-2/h3-4,13,18H,5-12,14H2,1-2H3,(H,21,25)(H,22,26)/t18-/m1/s1. The molecule has 8 nitrogen and oxygen atoms in total. The molecule has 2 amide bonds. The lowest BCUT2D eigenvalue weighted by molar-refractivity contribution is -0.139. The number of likely N-dealkylation sites (N-methyl/N-ethyl adjacent to an activating group) is 1. The van der Waals surface area contributed by atoms with Crippen LogP contribution in [0.5, 0.6) is 0 Å². The Labute approximate surface area is 166 Å². The zero-order chi connectivity index (χ0) is 19.9. The van der Waals surface area contributed by atoms with E-state index in [4.69, 9.17) is 9.47 Å². The maximum absolute atomic E-state index is 12.2. The van der Waals surface area contributed by atoms with Crippen molar-refractivity contribution in [2.45, 2.75) is 12.5 Å². The Kier molecular flexibility index (Phi) is 7.24. The molecule has 2 N–H and O–H groups in total. The van der Waals surface area contributed by atoms with Crippen molar-refractivity contribution < 1.29 is 19.1 Å². The number of fused-ring (bicyclic) bond motifs is 1. The molecule has 8 heteroatoms. The maximum atomic E-state index is 12.2. The van der Waals surface area contributed by atoms with E-state index in [9.17, 15) is 9.59 Å². The predicted octanol–water partition coefficient (Wildman–Crippen LogP) is -0.0690. The lowest BCUT2D eigenvalue weighted by Gasteiger charge is -2.35. The molecule has 0 aromatic heterocycles. The van der Waals surface area contributed by atoms with Crippen LogP contribution in [0.4, 0.5) is 5.69 Å². The SMILES string of the molecule is COCCNC(=O)C(=O)NC[C@H](c1ccc2c(c1)CCN2C)N1CCOCC1. The van der Waals surface area contributed by atoms with Crippen LogP contribution in [0.3, 0.4) is 0 Å². The van der Waals surface area contributed by atoms with Crippen LogP contribution in [-0.4, -0.2) is 83.4 Å². The number of ether oxygens (including phenoxy) is 2. The predicted molar refractivity (Wildman–Crippen MR) is 106 cm³/mol. The van der Waals surface area contributed by atoms with E-state index in [0.29, 0.717) is 32.9 Å². The van der Waals surface area contributed by atoms with Crippen molar-refractivity contribution in [2.75, 3.05) is 71.6 Å². The van der Waals surface area contributed by atoms with E-state index in [0.717, 1.165) is 31.6 Å². The number of amides is 2. The first-order valence-electron chi connectivity index (χ1n) is 9.81. The Morgan fingerprint density at radius 1 is 1.18 bits per heavy atom. The van der Waals surface area contributed by atoms with E-state index in [-0.39, 0.29) is 6.04 Å². The molecule has 1 aromatic rings. The van der Waals surface area contributed by atoms with Gasteiger partial charge in [-0.15, -0.1) is 0 Å². The summed E-state index contributed by atoms with van der Waals surface area (Å²) in [6.07, 6.45) is 1.03. The van der Waals surface area contributed by atoms with Crippen LogP contribution in [0.25, 0.3) is 0 Å². The Balaban J connectivity index is 1.68. The van der Waals surface area contributed by atoms with Gasteiger partial charge in [0.1, 0.15) is 0 Å². The van der Waals surface area contributed by atoms with Gasteiger partial charge in [-0.1, -0.05) is 12.1 Å². The molecule has 2 heterocycles. The highest BCUT2D eigenvalue weighted by Gasteiger charge is 2.26. The molecule has 0 saturated carbocycles. The van der Waals surface area contributed by atoms with Gasteiger partial charge in [-0.3, -0.25) is 14.5 Å². The first-order chi connectivity index (χ1) is 13.6. The van der Waals surface area contributed by atoms with Gasteiger partial charge in [-0.2, -0.15) is 0 Å². The summed E-state index contributed by atoms with van der Waals surface area (Å²) in [5.41, 5.74) is 3.77. The van der Waals surface area contributed by atoms with E-state index in [2.05, 4.69) is 45.7 Å². The third kappa shape index (κ3) is 5.01. The van der Waals surface area contributed by atoms with Crippen LogP contribution in [0, 0.1) is 0 Å². The van der Waals surface area contributed by atoms with Gasteiger partial charge in [0.25, 0.3) is 0 Å². The second-order valence-corrected chi connectivity index (χ2v) is 7.18. The summed E-state index contributed by atoms with van der Waals surface area (Å²) in [6, 6.07) is 6.54. The zero-order valence-electron chi connectivity index (χ0n) is 16.7. The normalized spacial score (nSPS) is 17.9. The summed E-state index contributed by atoms with van der Waals surface area (Å²) in [5, 5.41) is 5.35. The fraction of sp³-hybridized carbons (Fsp3) is 0.600. The third-order valence-corrected chi connectivity index (χ3v) is 5.36. The van der Waals surface area contributed by atoms with Gasteiger partial charge in [-0.05, 0) is 23.6 Å². The molecule has 2 aliphatic rings. The van der Waals surface area contributed by atoms with Crippen molar-refractivity contribution in [1.82, 2.24) is 15.5 Å². The number of benzene rings is 1. The van der Waals surface area contributed by atoms with Gasteiger partial charge < -0.3 is 25.0 Å². The summed E-state index contributed by atoms with van der Waals surface area (Å²) in [4.78, 5) is 28.7. The van der Waals surface area contributed by atoms with Crippen molar-refractivity contribution in [3.05, 3.63) is 29.3 Å². The van der Waals surface area contributed by atoms with Crippen molar-refractivity contribution in [3.63, 3.8) is 0 Å². The molecule has 28 heavy (non-hydrogen) atoms. The molecule has 0 unspecified atom stereocenters. The van der Waals surface area contributed by atoms with E-state index in [1.54, 1.807) is 7.11 Å². The monoisotopic (exact) mass is 390 g/mol. The molecule has 1 aromatic carbocycles. The first kappa shape index (κ1) is 20.6. The topological polar surface area (TPSA) is 83.1 Å². The van der Waals surface area contributed by atoms with Crippen LogP contribution in [-0.2, 0) is 25.5 Å². The second-order valence-electron chi connectivity index (χ2n) is 7.18. The van der Waals surface area contributed by atoms with Gasteiger partial charge in [0, 0.05) is 52.6 Å². The minimum Gasteiger partial charge on any atom is -0.383 e. The highest BCUT2D eigenvalue weighted by Crippen LogP contribution is 2.31. The molecule has 1 fully saturated rings. The summed E-state index contributed by atoms with van der Waals surface area (Å²) in [5.74, 6) is -1.25. The average Bonchev–Trinajstić information content (AvgIpc) is 3.09. The molecule has 1 saturated heterocycles. The Hall–Kier alpha value is -2.16. The van der Waals surface area contributed by atoms with Crippen molar-refractivity contribution in [1.29, 1.82) is 0 Å². The minimum atomic E-state index is -0.631. The summed E-state index contributed by atoms with van der Waals surface area (Å²) < 4.78 is 10.4. The summed E-state index contributed by atoms with van der Waals surface area (Å²) >= 11 is 0. The van der Waals surface area contributed by atoms with Gasteiger partial charge >= 0.3 is 11.8 Å². The van der Waals surface area contributed by atoms with Crippen molar-refractivity contribution >= 4 is 17.5 Å². The molecule has 154 valence electrons. The van der Waals surface area contributed by atoms with Gasteiger partial charge in [-0.25, -0.2) is 0 Å². The summed E-state index contributed by atoms with van der Waals surface area (Å²) in [6.45, 7) is 5.05. The lowest BCUT2D eigenvalue weighted by atomic mass is 10.0. The van der Waals surface area contributed by atoms with Gasteiger partial charge in [0.15, 0.2) is 0 Å². The van der Waals surface area contributed by atoms with E-state index in [1.165, 1.54) is 11.3 Å². The largest absolute Gasteiger partial charge is 0.383 e. The zero-order valence-corrected chi connectivity index (χ0v) is 16.7. The second kappa shape index (κ2) is 9.86. The minimum absolute atomic E-state index is 0.0100. The number of anilines is 1. The molecule has 0 spiro atoms. The first-order valence-corrected chi connectivity index (χ1v) is 9.81. The molecule has 2 aliphatic heterocycles. The number of morpholine rings is 1. The van der Waals surface area contributed by atoms with Crippen LogP contribution in [0.15, 0.2) is 18.2 Å². The van der Waals surface area contributed by atoms with Gasteiger partial charge in [0.05, 0.1) is 25.9 Å². The molecule has 3 rings (SSSR count). The fourth-order valence-electron chi connectivity index (χ4n) is 3.76. The number of carbonyl (C=O) groups is 2. The molecule has 0 bridgehead atoms. The Morgan fingerprint density at radius 2 is 1.93 bits per heavy atom. The maximum Gasteiger partial charge on any atom is 0.309 e. The van der Waals surface area contributed by atoms with Gasteiger partial charge in [0.2, 0.25) is 0 Å². The number of rotatable bonds is 7. The number of nitrogens with one attached hydrogen (secondary N) is 2. The molecule has 0 radical (unpaired) electrons. The van der Waals surface area contributed by atoms with Crippen molar-refractivity contribution in [2.24, 2.45) is 0 Å². The average molecular weight is 390 g/mol. The molecular formula is C20H30N4O4. The number of nitrogens with zero attached hydrogens (tertiary/aromatic N) is 2. The van der Waals surface area contributed by atoms with Crippen LogP contribution in [0.2, 0.25) is 0 Å². The van der Waals surface area contributed by atoms with E-state index in [1.807, 2.05) is 0 Å².